The molecule has 0 saturated carbocycles. The van der Waals surface area contributed by atoms with Gasteiger partial charge in [0.2, 0.25) is 5.91 Å². The molecule has 2 rings (SSSR count). The first-order valence-electron chi connectivity index (χ1n) is 6.89. The molecule has 0 aliphatic carbocycles. The number of carbonyl (C=O) groups excluding carboxylic acids is 1. The molecule has 0 aliphatic rings. The Morgan fingerprint density at radius 3 is 2.84 bits per heavy atom. The highest BCUT2D eigenvalue weighted by Gasteiger charge is 2.04. The Bertz CT molecular complexity index is 569. The molecule has 19 heavy (non-hydrogen) atoms. The van der Waals surface area contributed by atoms with Crippen LogP contribution in [0.4, 0.5) is 0 Å². The molecule has 3 nitrogen and oxygen atoms in total. The van der Waals surface area contributed by atoms with E-state index in [1.807, 2.05) is 0 Å². The second kappa shape index (κ2) is 5.91. The number of amides is 1. The number of aromatic amines is 1. The lowest BCUT2D eigenvalue weighted by Gasteiger charge is -2.07. The highest BCUT2D eigenvalue weighted by Crippen LogP contribution is 2.17. The summed E-state index contributed by atoms with van der Waals surface area (Å²) in [5.41, 5.74) is 3.61. The van der Waals surface area contributed by atoms with Crippen LogP contribution in [-0.2, 0) is 11.2 Å². The van der Waals surface area contributed by atoms with Gasteiger partial charge in [0.1, 0.15) is 0 Å². The largest absolute Gasteiger partial charge is 0.359 e. The van der Waals surface area contributed by atoms with Crippen molar-refractivity contribution in [2.24, 2.45) is 5.92 Å². The number of hydrogen-bond donors (Lipinski definition) is 2. The van der Waals surface area contributed by atoms with E-state index in [0.29, 0.717) is 18.9 Å². The number of rotatable bonds is 5. The molecule has 1 amide bonds. The molecule has 2 N–H and O–H groups in total. The number of fused-ring (bicyclic) bond motifs is 1. The number of aryl methyl sites for hydroxylation is 1. The van der Waals surface area contributed by atoms with Gasteiger partial charge < -0.3 is 10.3 Å². The Labute approximate surface area is 114 Å². The fourth-order valence-electron chi connectivity index (χ4n) is 2.27. The average molecular weight is 258 g/mol. The van der Waals surface area contributed by atoms with E-state index in [0.717, 1.165) is 6.42 Å². The van der Waals surface area contributed by atoms with Crippen LogP contribution < -0.4 is 5.32 Å². The van der Waals surface area contributed by atoms with Crippen molar-refractivity contribution in [3.05, 3.63) is 35.5 Å². The van der Waals surface area contributed by atoms with E-state index in [1.54, 1.807) is 0 Å². The minimum Gasteiger partial charge on any atom is -0.359 e. The Morgan fingerprint density at radius 1 is 1.32 bits per heavy atom. The number of H-pyrrole nitrogens is 1. The number of benzene rings is 1. The Morgan fingerprint density at radius 2 is 2.11 bits per heavy atom. The number of nitrogens with one attached hydrogen (secondary N) is 2. The second-order valence-corrected chi connectivity index (χ2v) is 5.57. The number of carbonyl (C=O) groups is 1. The standard InChI is InChI=1S/C16H22N2O/c1-11(2)8-16(19)17-7-6-13-4-5-15-14(10-13)9-12(3)18-15/h4-5,9-11,18H,6-8H2,1-3H3,(H,17,19). The van der Waals surface area contributed by atoms with Crippen LogP contribution in [0.15, 0.2) is 24.3 Å². The Kier molecular flexibility index (Phi) is 4.25. The number of hydrogen-bond acceptors (Lipinski definition) is 1. The maximum absolute atomic E-state index is 11.5. The SMILES string of the molecule is Cc1cc2cc(CCNC(=O)CC(C)C)ccc2[nH]1. The zero-order chi connectivity index (χ0) is 13.8. The zero-order valence-electron chi connectivity index (χ0n) is 11.9. The lowest BCUT2D eigenvalue weighted by atomic mass is 10.1. The fourth-order valence-corrected chi connectivity index (χ4v) is 2.27. The van der Waals surface area contributed by atoms with E-state index >= 15 is 0 Å². The van der Waals surface area contributed by atoms with E-state index in [4.69, 9.17) is 0 Å². The lowest BCUT2D eigenvalue weighted by molar-refractivity contribution is -0.121. The quantitative estimate of drug-likeness (QED) is 0.850. The molecule has 2 aromatic rings. The molecule has 1 aromatic heterocycles. The third-order valence-electron chi connectivity index (χ3n) is 3.15. The molecular formula is C16H22N2O. The first-order chi connectivity index (χ1) is 9.04. The van der Waals surface area contributed by atoms with Crippen molar-refractivity contribution in [3.63, 3.8) is 0 Å². The summed E-state index contributed by atoms with van der Waals surface area (Å²) < 4.78 is 0. The van der Waals surface area contributed by atoms with E-state index in [9.17, 15) is 4.79 Å². The van der Waals surface area contributed by atoms with Crippen LogP contribution in [-0.4, -0.2) is 17.4 Å². The first-order valence-corrected chi connectivity index (χ1v) is 6.89. The van der Waals surface area contributed by atoms with Gasteiger partial charge in [0.25, 0.3) is 0 Å². The van der Waals surface area contributed by atoms with Gasteiger partial charge >= 0.3 is 0 Å². The van der Waals surface area contributed by atoms with Crippen molar-refractivity contribution in [1.82, 2.24) is 10.3 Å². The van der Waals surface area contributed by atoms with Gasteiger partial charge in [0.05, 0.1) is 0 Å². The Balaban J connectivity index is 1.89. The summed E-state index contributed by atoms with van der Waals surface area (Å²) in [6, 6.07) is 8.56. The first kappa shape index (κ1) is 13.7. The molecule has 0 atom stereocenters. The van der Waals surface area contributed by atoms with Crippen molar-refractivity contribution >= 4 is 16.8 Å². The van der Waals surface area contributed by atoms with Crippen LogP contribution >= 0.6 is 0 Å². The molecular weight excluding hydrogens is 236 g/mol. The molecule has 0 spiro atoms. The van der Waals surface area contributed by atoms with Gasteiger partial charge in [-0.3, -0.25) is 4.79 Å². The average Bonchev–Trinajstić information content (AvgIpc) is 2.67. The van der Waals surface area contributed by atoms with Gasteiger partial charge in [-0.25, -0.2) is 0 Å². The second-order valence-electron chi connectivity index (χ2n) is 5.57. The van der Waals surface area contributed by atoms with Gasteiger partial charge in [0, 0.05) is 24.2 Å². The minimum absolute atomic E-state index is 0.147. The van der Waals surface area contributed by atoms with Gasteiger partial charge in [-0.15, -0.1) is 0 Å². The predicted octanol–water partition coefficient (Wildman–Crippen LogP) is 3.18. The van der Waals surface area contributed by atoms with Crippen molar-refractivity contribution in [3.8, 4) is 0 Å². The molecule has 0 aliphatic heterocycles. The molecule has 0 radical (unpaired) electrons. The topological polar surface area (TPSA) is 44.9 Å². The maximum atomic E-state index is 11.5. The van der Waals surface area contributed by atoms with E-state index in [2.05, 4.69) is 55.3 Å². The van der Waals surface area contributed by atoms with Crippen LogP contribution in [0.1, 0.15) is 31.5 Å². The van der Waals surface area contributed by atoms with Gasteiger partial charge in [-0.2, -0.15) is 0 Å². The predicted molar refractivity (Wildman–Crippen MR) is 79.2 cm³/mol. The highest BCUT2D eigenvalue weighted by atomic mass is 16.1. The monoisotopic (exact) mass is 258 g/mol. The van der Waals surface area contributed by atoms with Gasteiger partial charge in [0.15, 0.2) is 0 Å². The molecule has 1 heterocycles. The number of aromatic nitrogens is 1. The van der Waals surface area contributed by atoms with E-state index in [-0.39, 0.29) is 5.91 Å². The molecule has 102 valence electrons. The molecule has 0 bridgehead atoms. The molecule has 1 aromatic carbocycles. The van der Waals surface area contributed by atoms with E-state index in [1.165, 1.54) is 22.2 Å². The minimum atomic E-state index is 0.147. The van der Waals surface area contributed by atoms with Crippen LogP contribution in [0.25, 0.3) is 10.9 Å². The van der Waals surface area contributed by atoms with Crippen molar-refractivity contribution in [2.75, 3.05) is 6.54 Å². The van der Waals surface area contributed by atoms with Gasteiger partial charge in [-0.1, -0.05) is 19.9 Å². The third-order valence-corrected chi connectivity index (χ3v) is 3.15. The normalized spacial score (nSPS) is 11.2. The van der Waals surface area contributed by atoms with Crippen molar-refractivity contribution in [2.45, 2.75) is 33.6 Å². The zero-order valence-corrected chi connectivity index (χ0v) is 11.9. The third kappa shape index (κ3) is 3.85. The van der Waals surface area contributed by atoms with E-state index < -0.39 is 0 Å². The molecule has 0 fully saturated rings. The lowest BCUT2D eigenvalue weighted by Crippen LogP contribution is -2.26. The fraction of sp³-hybridized carbons (Fsp3) is 0.438. The van der Waals surface area contributed by atoms with Crippen molar-refractivity contribution in [1.29, 1.82) is 0 Å². The van der Waals surface area contributed by atoms with Crippen LogP contribution in [0.2, 0.25) is 0 Å². The summed E-state index contributed by atoms with van der Waals surface area (Å²) in [6.45, 7) is 6.88. The molecule has 0 saturated heterocycles. The summed E-state index contributed by atoms with van der Waals surface area (Å²) in [6.07, 6.45) is 1.49. The maximum Gasteiger partial charge on any atom is 0.220 e. The highest BCUT2D eigenvalue weighted by molar-refractivity contribution is 5.81. The summed E-state index contributed by atoms with van der Waals surface area (Å²) in [4.78, 5) is 14.9. The molecule has 3 heteroatoms. The van der Waals surface area contributed by atoms with Crippen LogP contribution in [0, 0.1) is 12.8 Å². The van der Waals surface area contributed by atoms with Crippen molar-refractivity contribution < 1.29 is 4.79 Å². The summed E-state index contributed by atoms with van der Waals surface area (Å²) >= 11 is 0. The summed E-state index contributed by atoms with van der Waals surface area (Å²) in [5.74, 6) is 0.563. The van der Waals surface area contributed by atoms with Crippen LogP contribution in [0.3, 0.4) is 0 Å². The summed E-state index contributed by atoms with van der Waals surface area (Å²) in [5, 5.41) is 4.21. The Hall–Kier alpha value is -1.77. The van der Waals surface area contributed by atoms with Crippen LogP contribution in [0.5, 0.6) is 0 Å². The molecule has 0 unspecified atom stereocenters. The smallest absolute Gasteiger partial charge is 0.220 e. The summed E-state index contributed by atoms with van der Waals surface area (Å²) in [7, 11) is 0. The van der Waals surface area contributed by atoms with Gasteiger partial charge in [-0.05, 0) is 48.4 Å².